The first kappa shape index (κ1) is 17.2. The number of fused-ring (bicyclic) bond motifs is 6. The molecule has 0 aliphatic carbocycles. The van der Waals surface area contributed by atoms with Gasteiger partial charge in [-0.05, 0) is 30.3 Å². The molecule has 2 N–H and O–H groups in total. The average Bonchev–Trinajstić information content (AvgIpc) is 2.88. The zero-order valence-corrected chi connectivity index (χ0v) is 15.4. The predicted molar refractivity (Wildman–Crippen MR) is 88.0 cm³/mol. The summed E-state index contributed by atoms with van der Waals surface area (Å²) in [7, 11) is 0. The zero-order chi connectivity index (χ0) is 17.2. The second-order valence-corrected chi connectivity index (χ2v) is 6.08. The van der Waals surface area contributed by atoms with Crippen molar-refractivity contribution < 1.29 is 63.1 Å². The van der Waals surface area contributed by atoms with E-state index in [0.29, 0.717) is 33.8 Å². The van der Waals surface area contributed by atoms with Crippen LogP contribution >= 0.6 is 0 Å². The van der Waals surface area contributed by atoms with Crippen molar-refractivity contribution in [2.45, 2.75) is 5.60 Å². The van der Waals surface area contributed by atoms with Crippen molar-refractivity contribution in [1.29, 1.82) is 0 Å². The fourth-order valence-electron chi connectivity index (χ4n) is 3.65. The van der Waals surface area contributed by atoms with Crippen LogP contribution in [0.2, 0.25) is 0 Å². The molecule has 26 heavy (non-hydrogen) atoms. The van der Waals surface area contributed by atoms with Crippen LogP contribution in [0, 0.1) is 38.6 Å². The molecule has 5 rings (SSSR count). The molecule has 5 nitrogen and oxygen atoms in total. The number of carbonyl (C=O) groups excluding carboxylic acids is 1. The summed E-state index contributed by atoms with van der Waals surface area (Å²) in [5.41, 5.74) is 1.28. The Morgan fingerprint density at radius 3 is 1.96 bits per heavy atom. The summed E-state index contributed by atoms with van der Waals surface area (Å²) in [5.74, 6) is 0.408. The van der Waals surface area contributed by atoms with E-state index in [1.807, 2.05) is 12.1 Å². The number of rotatable bonds is 0. The summed E-state index contributed by atoms with van der Waals surface area (Å²) >= 11 is 0. The minimum absolute atomic E-state index is 0. The fraction of sp³-hybridized carbons (Fsp3) is 0.0500. The average molecular weight is 491 g/mol. The third-order valence-corrected chi connectivity index (χ3v) is 4.68. The van der Waals surface area contributed by atoms with Crippen molar-refractivity contribution in [2.75, 3.05) is 0 Å². The number of hydrogen-bond donors (Lipinski definition) is 2. The Hall–Kier alpha value is -2.18. The molecular weight excluding hydrogens is 479 g/mol. The molecule has 0 saturated carbocycles. The van der Waals surface area contributed by atoms with Crippen LogP contribution in [0.4, 0.5) is 0 Å². The van der Waals surface area contributed by atoms with Crippen molar-refractivity contribution in [1.82, 2.24) is 0 Å². The molecule has 0 aromatic heterocycles. The molecule has 2 aliphatic heterocycles. The largest absolute Gasteiger partial charge is 0.508 e. The molecular formula is C20H12O5Tb. The molecule has 0 atom stereocenters. The van der Waals surface area contributed by atoms with Gasteiger partial charge in [0.15, 0.2) is 5.60 Å². The Labute approximate surface area is 179 Å². The zero-order valence-electron chi connectivity index (χ0n) is 13.2. The minimum Gasteiger partial charge on any atom is -0.508 e. The molecule has 1 radical (unpaired) electrons. The number of benzene rings is 3. The molecule has 6 heteroatoms. The van der Waals surface area contributed by atoms with Gasteiger partial charge in [-0.1, -0.05) is 18.2 Å². The number of hydrogen-bond acceptors (Lipinski definition) is 5. The Bertz CT molecular complexity index is 1010. The summed E-state index contributed by atoms with van der Waals surface area (Å²) in [6.07, 6.45) is 0. The molecule has 0 bridgehead atoms. The van der Waals surface area contributed by atoms with Gasteiger partial charge in [-0.2, -0.15) is 0 Å². The van der Waals surface area contributed by atoms with Crippen LogP contribution in [0.15, 0.2) is 60.7 Å². The van der Waals surface area contributed by atoms with E-state index in [1.165, 1.54) is 24.3 Å². The monoisotopic (exact) mass is 491 g/mol. The van der Waals surface area contributed by atoms with Gasteiger partial charge in [0.05, 0.1) is 5.56 Å². The van der Waals surface area contributed by atoms with E-state index in [1.54, 1.807) is 24.3 Å². The van der Waals surface area contributed by atoms with Crippen molar-refractivity contribution in [3.8, 4) is 23.0 Å². The smallest absolute Gasteiger partial charge is 0.340 e. The normalized spacial score (nSPS) is 15.2. The molecule has 1 spiro atoms. The SMILES string of the molecule is O=C1OC2(c3ccc(O)cc3Oc3cc(O)ccc32)c2ccccc21.[Tb]. The van der Waals surface area contributed by atoms with Gasteiger partial charge in [-0.3, -0.25) is 0 Å². The van der Waals surface area contributed by atoms with Crippen molar-refractivity contribution in [3.05, 3.63) is 82.9 Å². The number of carbonyl (C=O) groups is 1. The molecule has 2 heterocycles. The molecule has 131 valence electrons. The maximum Gasteiger partial charge on any atom is 0.340 e. The molecule has 0 saturated heterocycles. The molecule has 2 aliphatic rings. The number of phenols is 2. The molecule has 3 aromatic carbocycles. The fourth-order valence-corrected chi connectivity index (χ4v) is 3.65. The second kappa shape index (κ2) is 5.92. The molecule has 0 unspecified atom stereocenters. The van der Waals surface area contributed by atoms with Crippen molar-refractivity contribution in [3.63, 3.8) is 0 Å². The second-order valence-electron chi connectivity index (χ2n) is 6.08. The van der Waals surface area contributed by atoms with E-state index in [2.05, 4.69) is 0 Å². The van der Waals surface area contributed by atoms with Crippen LogP contribution in [0.25, 0.3) is 0 Å². The van der Waals surface area contributed by atoms with Crippen LogP contribution < -0.4 is 4.74 Å². The molecule has 0 amide bonds. The van der Waals surface area contributed by atoms with Gasteiger partial charge in [0.25, 0.3) is 0 Å². The van der Waals surface area contributed by atoms with Gasteiger partial charge in [0.2, 0.25) is 0 Å². The Kier molecular flexibility index (Phi) is 3.93. The van der Waals surface area contributed by atoms with Crippen LogP contribution in [0.3, 0.4) is 0 Å². The van der Waals surface area contributed by atoms with Crippen LogP contribution in [-0.2, 0) is 10.3 Å². The predicted octanol–water partition coefficient (Wildman–Crippen LogP) is 3.67. The quantitative estimate of drug-likeness (QED) is 0.470. The Morgan fingerprint density at radius 1 is 0.769 bits per heavy atom. The standard InChI is InChI=1S/C20H12O5.Tb/c21-11-5-7-15-17(9-11)24-18-10-12(22)6-8-16(18)20(15)14-4-2-1-3-13(14)19(23)25-20;/h1-10,21-22H;. The maximum absolute atomic E-state index is 12.5. The summed E-state index contributed by atoms with van der Waals surface area (Å²) in [6.45, 7) is 0. The first-order valence-electron chi connectivity index (χ1n) is 7.77. The van der Waals surface area contributed by atoms with E-state index in [0.717, 1.165) is 0 Å². The summed E-state index contributed by atoms with van der Waals surface area (Å²) in [6, 6.07) is 16.6. The summed E-state index contributed by atoms with van der Waals surface area (Å²) in [4.78, 5) is 12.5. The van der Waals surface area contributed by atoms with Crippen molar-refractivity contribution in [2.24, 2.45) is 0 Å². The van der Waals surface area contributed by atoms with E-state index >= 15 is 0 Å². The Balaban J connectivity index is 0.00000168. The number of aromatic hydroxyl groups is 2. The van der Waals surface area contributed by atoms with E-state index < -0.39 is 11.6 Å². The van der Waals surface area contributed by atoms with Gasteiger partial charge in [0, 0.05) is 67.4 Å². The number of ether oxygens (including phenoxy) is 2. The van der Waals surface area contributed by atoms with Gasteiger partial charge >= 0.3 is 5.97 Å². The van der Waals surface area contributed by atoms with Gasteiger partial charge in [0.1, 0.15) is 23.0 Å². The summed E-state index contributed by atoms with van der Waals surface area (Å²) in [5, 5.41) is 19.7. The first-order chi connectivity index (χ1) is 12.1. The number of phenolic OH excluding ortho intramolecular Hbond substituents is 2. The van der Waals surface area contributed by atoms with E-state index in [4.69, 9.17) is 9.47 Å². The van der Waals surface area contributed by atoms with Crippen LogP contribution in [-0.4, -0.2) is 16.2 Å². The van der Waals surface area contributed by atoms with Gasteiger partial charge in [-0.25, -0.2) is 4.79 Å². The van der Waals surface area contributed by atoms with Crippen molar-refractivity contribution >= 4 is 5.97 Å². The molecule has 3 aromatic rings. The maximum atomic E-state index is 12.5. The topological polar surface area (TPSA) is 76.0 Å². The third-order valence-electron chi connectivity index (χ3n) is 4.68. The van der Waals surface area contributed by atoms with Crippen LogP contribution in [0.1, 0.15) is 27.0 Å². The van der Waals surface area contributed by atoms with E-state index in [9.17, 15) is 15.0 Å². The van der Waals surface area contributed by atoms with E-state index in [-0.39, 0.29) is 50.1 Å². The Morgan fingerprint density at radius 2 is 1.35 bits per heavy atom. The first-order valence-corrected chi connectivity index (χ1v) is 7.77. The molecule has 0 fully saturated rings. The van der Waals surface area contributed by atoms with Gasteiger partial charge in [-0.15, -0.1) is 0 Å². The minimum atomic E-state index is -1.17. The third kappa shape index (κ3) is 2.18. The number of esters is 1. The van der Waals surface area contributed by atoms with Gasteiger partial charge < -0.3 is 19.7 Å². The van der Waals surface area contributed by atoms with Crippen LogP contribution in [0.5, 0.6) is 23.0 Å². The summed E-state index contributed by atoms with van der Waals surface area (Å²) < 4.78 is 11.8.